The molecule has 2 atom stereocenters. The van der Waals surface area contributed by atoms with E-state index < -0.39 is 23.6 Å². The van der Waals surface area contributed by atoms with Crippen LogP contribution in [0.15, 0.2) is 36.5 Å². The normalized spacial score (nSPS) is 18.4. The number of hydrogen-bond donors (Lipinski definition) is 3. The number of carboxylic acids is 1. The lowest BCUT2D eigenvalue weighted by Gasteiger charge is -2.32. The van der Waals surface area contributed by atoms with Crippen molar-refractivity contribution in [2.24, 2.45) is 0 Å². The third-order valence-electron chi connectivity index (χ3n) is 7.50. The van der Waals surface area contributed by atoms with Crippen molar-refractivity contribution in [1.82, 2.24) is 14.9 Å². The number of carboxylic acid groups (broad SMARTS) is 1. The zero-order valence-electron chi connectivity index (χ0n) is 22.0. The number of fused-ring (bicyclic) bond motifs is 2. The molecule has 0 amide bonds. The number of piperidine rings is 1. The van der Waals surface area contributed by atoms with Crippen LogP contribution in [0.2, 0.25) is 0 Å². The maximum atomic E-state index is 13.8. The Morgan fingerprint density at radius 3 is 2.97 bits per heavy atom. The molecule has 2 aliphatic heterocycles. The molecule has 0 spiro atoms. The van der Waals surface area contributed by atoms with Crippen molar-refractivity contribution in [2.75, 3.05) is 43.4 Å². The lowest BCUT2D eigenvalue weighted by molar-refractivity contribution is -0.138. The second-order valence-electron chi connectivity index (χ2n) is 10.4. The molecule has 5 rings (SSSR count). The second kappa shape index (κ2) is 12.7. The molecule has 1 fully saturated rings. The van der Waals surface area contributed by atoms with Crippen molar-refractivity contribution in [3.05, 3.63) is 59.4 Å². The number of aryl methyl sites for hydroxylation is 2. The maximum Gasteiger partial charge on any atom is 0.326 e. The lowest BCUT2D eigenvalue weighted by Crippen LogP contribution is -2.41. The number of nitrogens with zero attached hydrogens (tertiary/aromatic N) is 3. The number of likely N-dealkylation sites (tertiary alicyclic amines) is 1. The van der Waals surface area contributed by atoms with Gasteiger partial charge in [-0.3, -0.25) is 0 Å². The number of pyridine rings is 2. The average molecular weight is 540 g/mol. The fourth-order valence-corrected chi connectivity index (χ4v) is 5.40. The van der Waals surface area contributed by atoms with Gasteiger partial charge < -0.3 is 25.4 Å². The number of aromatic nitrogens is 2. The number of ether oxygens (including phenoxy) is 1. The largest absolute Gasteiger partial charge is 0.480 e. The highest BCUT2D eigenvalue weighted by atomic mass is 19.2. The molecule has 0 aliphatic carbocycles. The monoisotopic (exact) mass is 539 g/mol. The Labute approximate surface area is 226 Å². The van der Waals surface area contributed by atoms with Gasteiger partial charge in [0.2, 0.25) is 0 Å². The van der Waals surface area contributed by atoms with Crippen LogP contribution in [-0.4, -0.2) is 70.9 Å². The highest BCUT2D eigenvalue weighted by molar-refractivity contribution is 5.93. The van der Waals surface area contributed by atoms with E-state index in [4.69, 9.17) is 9.72 Å². The third-order valence-corrected chi connectivity index (χ3v) is 7.50. The molecule has 0 radical (unpaired) electrons. The van der Waals surface area contributed by atoms with Gasteiger partial charge in [0.25, 0.3) is 0 Å². The zero-order chi connectivity index (χ0) is 27.2. The van der Waals surface area contributed by atoms with E-state index in [0.717, 1.165) is 88.3 Å². The molecule has 3 N–H and O–H groups in total. The minimum Gasteiger partial charge on any atom is -0.480 e. The van der Waals surface area contributed by atoms with Crippen LogP contribution in [0, 0.1) is 11.6 Å². The van der Waals surface area contributed by atoms with E-state index in [1.807, 2.05) is 0 Å². The van der Waals surface area contributed by atoms with E-state index in [2.05, 4.69) is 32.7 Å². The van der Waals surface area contributed by atoms with Gasteiger partial charge in [0.05, 0.1) is 6.10 Å². The number of anilines is 2. The summed E-state index contributed by atoms with van der Waals surface area (Å²) in [5.74, 6) is -1.79. The van der Waals surface area contributed by atoms with Crippen LogP contribution in [0.1, 0.15) is 43.4 Å². The van der Waals surface area contributed by atoms with Crippen LogP contribution in [0.5, 0.6) is 0 Å². The summed E-state index contributed by atoms with van der Waals surface area (Å²) in [4.78, 5) is 23.3. The highest BCUT2D eigenvalue weighted by Crippen LogP contribution is 2.25. The van der Waals surface area contributed by atoms with Crippen molar-refractivity contribution < 1.29 is 23.4 Å². The van der Waals surface area contributed by atoms with E-state index in [1.54, 1.807) is 6.07 Å². The van der Waals surface area contributed by atoms with Crippen LogP contribution in [0.25, 0.3) is 10.8 Å². The minimum atomic E-state index is -1.06. The number of aliphatic carboxylic acids is 1. The number of halogens is 2. The van der Waals surface area contributed by atoms with Crippen LogP contribution < -0.4 is 10.6 Å². The van der Waals surface area contributed by atoms with Gasteiger partial charge in [-0.1, -0.05) is 6.07 Å². The summed E-state index contributed by atoms with van der Waals surface area (Å²) < 4.78 is 33.5. The molecule has 208 valence electrons. The minimum absolute atomic E-state index is 0.0482. The smallest absolute Gasteiger partial charge is 0.326 e. The molecule has 10 heteroatoms. The molecule has 2 aliphatic rings. The zero-order valence-corrected chi connectivity index (χ0v) is 22.0. The third kappa shape index (κ3) is 6.99. The summed E-state index contributed by atoms with van der Waals surface area (Å²) in [5, 5.41) is 16.8. The Morgan fingerprint density at radius 1 is 1.23 bits per heavy atom. The maximum absolute atomic E-state index is 13.8. The molecule has 4 heterocycles. The fourth-order valence-electron chi connectivity index (χ4n) is 5.40. The quantitative estimate of drug-likeness (QED) is 0.324. The summed E-state index contributed by atoms with van der Waals surface area (Å²) in [6.07, 6.45) is 7.88. The molecule has 0 saturated carbocycles. The molecule has 8 nitrogen and oxygen atoms in total. The van der Waals surface area contributed by atoms with E-state index in [9.17, 15) is 18.7 Å². The van der Waals surface area contributed by atoms with Gasteiger partial charge in [-0.05, 0) is 86.8 Å². The predicted octanol–water partition coefficient (Wildman–Crippen LogP) is 4.64. The molecule has 2 aromatic heterocycles. The van der Waals surface area contributed by atoms with Crippen molar-refractivity contribution in [2.45, 2.75) is 57.1 Å². The van der Waals surface area contributed by atoms with E-state index in [1.165, 1.54) is 11.8 Å². The molecule has 39 heavy (non-hydrogen) atoms. The summed E-state index contributed by atoms with van der Waals surface area (Å²) in [5.41, 5.74) is 2.42. The van der Waals surface area contributed by atoms with Gasteiger partial charge in [-0.2, -0.15) is 0 Å². The number of nitrogens with one attached hydrogen (secondary N) is 2. The number of rotatable bonds is 11. The topological polar surface area (TPSA) is 99.6 Å². The lowest BCUT2D eigenvalue weighted by atomic mass is 10.1. The first-order valence-corrected chi connectivity index (χ1v) is 13.8. The molecule has 0 unspecified atom stereocenters. The Kier molecular flexibility index (Phi) is 8.83. The fraction of sp³-hybridized carbons (Fsp3) is 0.483. The average Bonchev–Trinajstić information content (AvgIpc) is 2.93. The second-order valence-corrected chi connectivity index (χ2v) is 10.4. The summed E-state index contributed by atoms with van der Waals surface area (Å²) in [6, 6.07) is 7.02. The summed E-state index contributed by atoms with van der Waals surface area (Å²) in [6.45, 7) is 4.07. The summed E-state index contributed by atoms with van der Waals surface area (Å²) >= 11 is 0. The SMILES string of the molecule is O=C(O)[C@H](CCO[C@@H]1CCCN(CCCc2ccc3c(n2)NCCC3)C1)Nc1nccc2cc(F)c(F)cc12. The molecule has 3 aromatic rings. The molecule has 0 bridgehead atoms. The van der Waals surface area contributed by atoms with Crippen LogP contribution >= 0.6 is 0 Å². The van der Waals surface area contributed by atoms with Gasteiger partial charge in [0, 0.05) is 43.4 Å². The number of benzene rings is 1. The molecule has 1 saturated heterocycles. The van der Waals surface area contributed by atoms with Crippen molar-refractivity contribution in [3.63, 3.8) is 0 Å². The number of hydrogen-bond acceptors (Lipinski definition) is 7. The van der Waals surface area contributed by atoms with E-state index in [0.29, 0.717) is 10.8 Å². The first kappa shape index (κ1) is 27.2. The molecular formula is C29H35F2N5O3. The van der Waals surface area contributed by atoms with Crippen molar-refractivity contribution >= 4 is 28.4 Å². The van der Waals surface area contributed by atoms with E-state index in [-0.39, 0.29) is 24.9 Å². The Balaban J connectivity index is 1.08. The van der Waals surface area contributed by atoms with Crippen LogP contribution in [0.3, 0.4) is 0 Å². The van der Waals surface area contributed by atoms with Gasteiger partial charge in [0.1, 0.15) is 17.7 Å². The first-order chi connectivity index (χ1) is 19.0. The van der Waals surface area contributed by atoms with Crippen LogP contribution in [0.4, 0.5) is 20.4 Å². The Morgan fingerprint density at radius 2 is 2.10 bits per heavy atom. The van der Waals surface area contributed by atoms with Crippen LogP contribution in [-0.2, 0) is 22.4 Å². The Hall–Kier alpha value is -3.37. The van der Waals surface area contributed by atoms with Gasteiger partial charge in [0.15, 0.2) is 11.6 Å². The number of carbonyl (C=O) groups is 1. The van der Waals surface area contributed by atoms with Gasteiger partial charge in [-0.25, -0.2) is 23.5 Å². The van der Waals surface area contributed by atoms with Crippen molar-refractivity contribution in [3.8, 4) is 0 Å². The molecule has 1 aromatic carbocycles. The van der Waals surface area contributed by atoms with Gasteiger partial charge >= 0.3 is 5.97 Å². The van der Waals surface area contributed by atoms with Crippen molar-refractivity contribution in [1.29, 1.82) is 0 Å². The van der Waals surface area contributed by atoms with Gasteiger partial charge in [-0.15, -0.1) is 0 Å². The predicted molar refractivity (Wildman–Crippen MR) is 146 cm³/mol. The highest BCUT2D eigenvalue weighted by Gasteiger charge is 2.23. The first-order valence-electron chi connectivity index (χ1n) is 13.8. The summed E-state index contributed by atoms with van der Waals surface area (Å²) in [7, 11) is 0. The Bertz CT molecular complexity index is 1310. The van der Waals surface area contributed by atoms with E-state index >= 15 is 0 Å². The standard InChI is InChI=1S/C29H35F2N5O3/c30-24-16-20-9-12-33-28(23(20)17-25(24)31)35-26(29(37)38)10-15-39-22-6-3-14-36(18-22)13-2-5-21-8-7-19-4-1-11-32-27(19)34-21/h7-9,12,16-17,22,26H,1-6,10-11,13-15,18H2,(H,32,34)(H,33,35)(H,37,38)/t22-,26+/m1/s1. The molecular weight excluding hydrogens is 504 g/mol.